The summed E-state index contributed by atoms with van der Waals surface area (Å²) in [5, 5.41) is 12.3. The van der Waals surface area contributed by atoms with E-state index in [9.17, 15) is 9.59 Å². The molecule has 6 heteroatoms. The molecule has 1 saturated carbocycles. The Kier molecular flexibility index (Phi) is 3.85. The molecular formula is C16H17NO5. The SMILES string of the molecule is CC(OCC1CC1)C(=O)Nc1ccc2oc(C(=O)O)cc2c1. The van der Waals surface area contributed by atoms with Crippen molar-refractivity contribution in [3.8, 4) is 0 Å². The lowest BCUT2D eigenvalue weighted by molar-refractivity contribution is -0.126. The zero-order valence-electron chi connectivity index (χ0n) is 12.2. The Morgan fingerprint density at radius 1 is 1.41 bits per heavy atom. The molecule has 0 spiro atoms. The van der Waals surface area contributed by atoms with Gasteiger partial charge >= 0.3 is 5.97 Å². The van der Waals surface area contributed by atoms with Crippen LogP contribution in [0.15, 0.2) is 28.7 Å². The molecule has 1 aliphatic carbocycles. The van der Waals surface area contributed by atoms with Gasteiger partial charge in [-0.2, -0.15) is 0 Å². The van der Waals surface area contributed by atoms with Gasteiger partial charge in [0.25, 0.3) is 5.91 Å². The van der Waals surface area contributed by atoms with Gasteiger partial charge in [-0.25, -0.2) is 4.79 Å². The van der Waals surface area contributed by atoms with Gasteiger partial charge < -0.3 is 19.6 Å². The molecule has 1 aromatic carbocycles. The number of amides is 1. The number of fused-ring (bicyclic) bond motifs is 1. The number of nitrogens with one attached hydrogen (secondary N) is 1. The van der Waals surface area contributed by atoms with Crippen molar-refractivity contribution in [1.29, 1.82) is 0 Å². The van der Waals surface area contributed by atoms with Gasteiger partial charge in [0.05, 0.1) is 6.61 Å². The van der Waals surface area contributed by atoms with Crippen molar-refractivity contribution in [2.24, 2.45) is 5.92 Å². The number of carboxylic acids is 1. The molecule has 0 aliphatic heterocycles. The van der Waals surface area contributed by atoms with Gasteiger partial charge in [0.15, 0.2) is 0 Å². The van der Waals surface area contributed by atoms with Gasteiger partial charge in [0.1, 0.15) is 11.7 Å². The Labute approximate surface area is 127 Å². The largest absolute Gasteiger partial charge is 0.475 e. The maximum atomic E-state index is 12.0. The molecule has 2 N–H and O–H groups in total. The number of carbonyl (C=O) groups is 2. The molecule has 0 radical (unpaired) electrons. The van der Waals surface area contributed by atoms with Crippen molar-refractivity contribution < 1.29 is 23.8 Å². The first kappa shape index (κ1) is 14.6. The molecule has 1 aromatic heterocycles. The molecule has 6 nitrogen and oxygen atoms in total. The number of hydrogen-bond acceptors (Lipinski definition) is 4. The molecule has 116 valence electrons. The summed E-state index contributed by atoms with van der Waals surface area (Å²) in [7, 11) is 0. The molecule has 1 fully saturated rings. The number of ether oxygens (including phenoxy) is 1. The van der Waals surface area contributed by atoms with Gasteiger partial charge in [0.2, 0.25) is 5.76 Å². The third kappa shape index (κ3) is 3.28. The second-order valence-corrected chi connectivity index (χ2v) is 5.58. The summed E-state index contributed by atoms with van der Waals surface area (Å²) in [5.41, 5.74) is 1.05. The van der Waals surface area contributed by atoms with Crippen LogP contribution >= 0.6 is 0 Å². The number of aromatic carboxylic acids is 1. The average molecular weight is 303 g/mol. The summed E-state index contributed by atoms with van der Waals surface area (Å²) in [4.78, 5) is 22.9. The van der Waals surface area contributed by atoms with Crippen molar-refractivity contribution >= 4 is 28.5 Å². The van der Waals surface area contributed by atoms with Gasteiger partial charge in [-0.1, -0.05) is 0 Å². The number of carbonyl (C=O) groups excluding carboxylic acids is 1. The van der Waals surface area contributed by atoms with Crippen LogP contribution in [0.1, 0.15) is 30.3 Å². The highest BCUT2D eigenvalue weighted by Crippen LogP contribution is 2.29. The fourth-order valence-corrected chi connectivity index (χ4v) is 2.11. The average Bonchev–Trinajstić information content (AvgIpc) is 3.21. The predicted molar refractivity (Wildman–Crippen MR) is 79.9 cm³/mol. The summed E-state index contributed by atoms with van der Waals surface area (Å²) >= 11 is 0. The fraction of sp³-hybridized carbons (Fsp3) is 0.375. The molecule has 0 bridgehead atoms. The third-order valence-corrected chi connectivity index (χ3v) is 3.64. The Morgan fingerprint density at radius 2 is 2.18 bits per heavy atom. The highest BCUT2D eigenvalue weighted by atomic mass is 16.5. The van der Waals surface area contributed by atoms with Crippen LogP contribution in [0.5, 0.6) is 0 Å². The number of carboxylic acid groups (broad SMARTS) is 1. The van der Waals surface area contributed by atoms with Crippen molar-refractivity contribution in [3.63, 3.8) is 0 Å². The first-order chi connectivity index (χ1) is 10.5. The maximum absolute atomic E-state index is 12.0. The van der Waals surface area contributed by atoms with Crippen LogP contribution in [0.3, 0.4) is 0 Å². The fourth-order valence-electron chi connectivity index (χ4n) is 2.11. The quantitative estimate of drug-likeness (QED) is 0.856. The molecule has 3 rings (SSSR count). The molecular weight excluding hydrogens is 286 g/mol. The van der Waals surface area contributed by atoms with E-state index in [1.54, 1.807) is 25.1 Å². The second kappa shape index (κ2) is 5.81. The molecule has 1 aliphatic rings. The summed E-state index contributed by atoms with van der Waals surface area (Å²) in [6, 6.07) is 6.41. The zero-order valence-corrected chi connectivity index (χ0v) is 12.2. The highest BCUT2D eigenvalue weighted by Gasteiger charge is 2.24. The molecule has 1 unspecified atom stereocenters. The van der Waals surface area contributed by atoms with Gasteiger partial charge in [0, 0.05) is 11.1 Å². The maximum Gasteiger partial charge on any atom is 0.371 e. The number of benzene rings is 1. The van der Waals surface area contributed by atoms with E-state index < -0.39 is 12.1 Å². The third-order valence-electron chi connectivity index (χ3n) is 3.64. The molecule has 1 heterocycles. The van der Waals surface area contributed by atoms with Gasteiger partial charge in [-0.15, -0.1) is 0 Å². The van der Waals surface area contributed by atoms with E-state index in [1.807, 2.05) is 0 Å². The van der Waals surface area contributed by atoms with Crippen molar-refractivity contribution in [3.05, 3.63) is 30.0 Å². The lowest BCUT2D eigenvalue weighted by Gasteiger charge is -2.13. The minimum Gasteiger partial charge on any atom is -0.475 e. The molecule has 2 aromatic rings. The first-order valence-corrected chi connectivity index (χ1v) is 7.22. The summed E-state index contributed by atoms with van der Waals surface area (Å²) < 4.78 is 10.7. The van der Waals surface area contributed by atoms with Crippen LogP contribution in [0, 0.1) is 5.92 Å². The second-order valence-electron chi connectivity index (χ2n) is 5.58. The monoisotopic (exact) mass is 303 g/mol. The van der Waals surface area contributed by atoms with Crippen LogP contribution in [-0.4, -0.2) is 29.7 Å². The Balaban J connectivity index is 1.67. The minimum absolute atomic E-state index is 0.125. The van der Waals surface area contributed by atoms with Crippen LogP contribution < -0.4 is 5.32 Å². The Bertz CT molecular complexity index is 716. The van der Waals surface area contributed by atoms with Gasteiger partial charge in [-0.05, 0) is 49.9 Å². The van der Waals surface area contributed by atoms with E-state index in [0.29, 0.717) is 29.2 Å². The van der Waals surface area contributed by atoms with E-state index in [-0.39, 0.29) is 11.7 Å². The summed E-state index contributed by atoms with van der Waals surface area (Å²) in [5.74, 6) is -0.864. The van der Waals surface area contributed by atoms with Gasteiger partial charge in [-0.3, -0.25) is 4.79 Å². The number of rotatable bonds is 6. The standard InChI is InChI=1S/C16H17NO5/c1-9(21-8-10-2-3-10)15(18)17-12-4-5-13-11(6-12)7-14(22-13)16(19)20/h4-7,9-10H,2-3,8H2,1H3,(H,17,18)(H,19,20). The normalized spacial score (nSPS) is 15.7. The highest BCUT2D eigenvalue weighted by molar-refractivity contribution is 5.97. The lowest BCUT2D eigenvalue weighted by atomic mass is 10.2. The van der Waals surface area contributed by atoms with Crippen LogP contribution in [0.4, 0.5) is 5.69 Å². The molecule has 1 amide bonds. The molecule has 1 atom stereocenters. The van der Waals surface area contributed by atoms with E-state index in [4.69, 9.17) is 14.3 Å². The number of furan rings is 1. The zero-order chi connectivity index (χ0) is 15.7. The summed E-state index contributed by atoms with van der Waals surface area (Å²) in [6.45, 7) is 2.34. The van der Waals surface area contributed by atoms with Crippen molar-refractivity contribution in [2.45, 2.75) is 25.9 Å². The number of anilines is 1. The van der Waals surface area contributed by atoms with E-state index in [1.165, 1.54) is 18.9 Å². The summed E-state index contributed by atoms with van der Waals surface area (Å²) in [6.07, 6.45) is 1.84. The Morgan fingerprint density at radius 3 is 2.86 bits per heavy atom. The predicted octanol–water partition coefficient (Wildman–Crippen LogP) is 2.88. The Hall–Kier alpha value is -2.34. The minimum atomic E-state index is -1.12. The van der Waals surface area contributed by atoms with E-state index in [2.05, 4.69) is 5.32 Å². The first-order valence-electron chi connectivity index (χ1n) is 7.22. The topological polar surface area (TPSA) is 88.8 Å². The van der Waals surface area contributed by atoms with E-state index in [0.717, 1.165) is 0 Å². The lowest BCUT2D eigenvalue weighted by Crippen LogP contribution is -2.28. The van der Waals surface area contributed by atoms with Crippen molar-refractivity contribution in [2.75, 3.05) is 11.9 Å². The molecule has 22 heavy (non-hydrogen) atoms. The smallest absolute Gasteiger partial charge is 0.371 e. The van der Waals surface area contributed by atoms with Crippen LogP contribution in [-0.2, 0) is 9.53 Å². The van der Waals surface area contributed by atoms with Crippen LogP contribution in [0.2, 0.25) is 0 Å². The van der Waals surface area contributed by atoms with Crippen molar-refractivity contribution in [1.82, 2.24) is 0 Å². The number of hydrogen-bond donors (Lipinski definition) is 2. The molecule has 0 saturated heterocycles. The van der Waals surface area contributed by atoms with E-state index >= 15 is 0 Å². The van der Waals surface area contributed by atoms with Crippen LogP contribution in [0.25, 0.3) is 11.0 Å².